The molecule has 1 saturated carbocycles. The van der Waals surface area contributed by atoms with Gasteiger partial charge in [0.25, 0.3) is 0 Å². The standard InChI is InChI=1S/C23H40O9/c1-16(2)9-5-7-11-28-22(26)31-19-13-18(30-21(24)25)14-20(15-19)32-23(27)29-12-8-6-10-17(3)4/h16-20H,5-15H2,1-4H3,(H,24,25). The summed E-state index contributed by atoms with van der Waals surface area (Å²) in [5.41, 5.74) is 0. The fourth-order valence-corrected chi connectivity index (χ4v) is 3.56. The summed E-state index contributed by atoms with van der Waals surface area (Å²) in [5.74, 6) is 1.19. The van der Waals surface area contributed by atoms with Crippen LogP contribution in [0.3, 0.4) is 0 Å². The maximum Gasteiger partial charge on any atom is 0.508 e. The minimum absolute atomic E-state index is 0.179. The van der Waals surface area contributed by atoms with E-state index in [-0.39, 0.29) is 32.5 Å². The van der Waals surface area contributed by atoms with Crippen LogP contribution < -0.4 is 0 Å². The summed E-state index contributed by atoms with van der Waals surface area (Å²) in [4.78, 5) is 34.9. The highest BCUT2D eigenvalue weighted by atomic mass is 16.7. The summed E-state index contributed by atoms with van der Waals surface area (Å²) in [6.07, 6.45) is 0.922. The van der Waals surface area contributed by atoms with Crippen molar-refractivity contribution in [3.05, 3.63) is 0 Å². The van der Waals surface area contributed by atoms with Gasteiger partial charge in [0.15, 0.2) is 0 Å². The van der Waals surface area contributed by atoms with Gasteiger partial charge in [0, 0.05) is 19.3 Å². The molecule has 0 heterocycles. The smallest absolute Gasteiger partial charge is 0.450 e. The van der Waals surface area contributed by atoms with E-state index >= 15 is 0 Å². The highest BCUT2D eigenvalue weighted by molar-refractivity contribution is 5.61. The first-order valence-corrected chi connectivity index (χ1v) is 11.7. The van der Waals surface area contributed by atoms with E-state index in [0.29, 0.717) is 11.8 Å². The quantitative estimate of drug-likeness (QED) is 0.203. The van der Waals surface area contributed by atoms with Crippen LogP contribution in [-0.4, -0.2) is 55.1 Å². The van der Waals surface area contributed by atoms with Gasteiger partial charge in [-0.25, -0.2) is 14.4 Å². The van der Waals surface area contributed by atoms with Crippen LogP contribution in [0.2, 0.25) is 0 Å². The van der Waals surface area contributed by atoms with Crippen LogP contribution in [0.5, 0.6) is 0 Å². The van der Waals surface area contributed by atoms with E-state index in [1.54, 1.807) is 0 Å². The lowest BCUT2D eigenvalue weighted by molar-refractivity contribution is -0.0739. The second kappa shape index (κ2) is 15.6. The van der Waals surface area contributed by atoms with E-state index in [0.717, 1.165) is 38.5 Å². The number of carboxylic acid groups (broad SMARTS) is 1. The SMILES string of the molecule is CC(C)CCCCOC(=O)OC1CC(OC(=O)O)CC(OC(=O)OCCCCC(C)C)C1. The molecule has 1 fully saturated rings. The first-order chi connectivity index (χ1) is 15.2. The van der Waals surface area contributed by atoms with Gasteiger partial charge in [-0.3, -0.25) is 0 Å². The predicted molar refractivity (Wildman–Crippen MR) is 117 cm³/mol. The maximum atomic E-state index is 12.0. The monoisotopic (exact) mass is 460 g/mol. The average Bonchev–Trinajstić information content (AvgIpc) is 2.66. The first kappa shape index (κ1) is 27.8. The minimum atomic E-state index is -1.44. The molecule has 0 bridgehead atoms. The Balaban J connectivity index is 2.43. The topological polar surface area (TPSA) is 118 Å². The molecule has 9 nitrogen and oxygen atoms in total. The summed E-state index contributed by atoms with van der Waals surface area (Å²) < 4.78 is 25.7. The molecule has 1 N–H and O–H groups in total. The number of hydrogen-bond donors (Lipinski definition) is 1. The molecule has 0 aromatic heterocycles. The van der Waals surface area contributed by atoms with E-state index in [4.69, 9.17) is 28.8 Å². The molecule has 1 rings (SSSR count). The normalized spacial score (nSPS) is 20.6. The van der Waals surface area contributed by atoms with Crippen LogP contribution in [0, 0.1) is 11.8 Å². The van der Waals surface area contributed by atoms with Crippen molar-refractivity contribution in [2.45, 2.75) is 104 Å². The van der Waals surface area contributed by atoms with Gasteiger partial charge < -0.3 is 28.8 Å². The predicted octanol–water partition coefficient (Wildman–Crippen LogP) is 5.93. The summed E-state index contributed by atoms with van der Waals surface area (Å²) in [7, 11) is 0. The maximum absolute atomic E-state index is 12.0. The summed E-state index contributed by atoms with van der Waals surface area (Å²) in [6.45, 7) is 9.06. The Morgan fingerprint density at radius 3 is 1.41 bits per heavy atom. The number of hydrogen-bond acceptors (Lipinski definition) is 8. The van der Waals surface area contributed by atoms with Gasteiger partial charge in [-0.1, -0.05) is 40.5 Å². The Labute approximate surface area is 191 Å². The van der Waals surface area contributed by atoms with Gasteiger partial charge in [0.1, 0.15) is 18.3 Å². The van der Waals surface area contributed by atoms with E-state index in [1.807, 2.05) is 0 Å². The molecule has 0 saturated heterocycles. The molecular formula is C23H40O9. The Kier molecular flexibility index (Phi) is 13.6. The first-order valence-electron chi connectivity index (χ1n) is 11.7. The molecule has 2 unspecified atom stereocenters. The zero-order chi connectivity index (χ0) is 23.9. The lowest BCUT2D eigenvalue weighted by Crippen LogP contribution is -2.40. The molecule has 2 atom stereocenters. The van der Waals surface area contributed by atoms with Gasteiger partial charge in [-0.2, -0.15) is 0 Å². The third-order valence-electron chi connectivity index (χ3n) is 5.16. The van der Waals surface area contributed by atoms with Crippen molar-refractivity contribution in [3.63, 3.8) is 0 Å². The number of carbonyl (C=O) groups is 3. The van der Waals surface area contributed by atoms with E-state index in [1.165, 1.54) is 0 Å². The largest absolute Gasteiger partial charge is 0.508 e. The van der Waals surface area contributed by atoms with Gasteiger partial charge >= 0.3 is 18.5 Å². The van der Waals surface area contributed by atoms with E-state index < -0.39 is 36.8 Å². The third-order valence-corrected chi connectivity index (χ3v) is 5.16. The van der Waals surface area contributed by atoms with Gasteiger partial charge in [0.2, 0.25) is 0 Å². The molecule has 0 spiro atoms. The lowest BCUT2D eigenvalue weighted by atomic mass is 9.92. The van der Waals surface area contributed by atoms with Gasteiger partial charge in [-0.05, 0) is 37.5 Å². The molecule has 186 valence electrons. The molecule has 0 aromatic rings. The van der Waals surface area contributed by atoms with Crippen LogP contribution >= 0.6 is 0 Å². The highest BCUT2D eigenvalue weighted by Gasteiger charge is 2.36. The highest BCUT2D eigenvalue weighted by Crippen LogP contribution is 2.27. The molecule has 0 radical (unpaired) electrons. The van der Waals surface area contributed by atoms with Crippen molar-refractivity contribution in [2.24, 2.45) is 11.8 Å². The Hall–Kier alpha value is -2.19. The second-order valence-electron chi connectivity index (χ2n) is 9.17. The van der Waals surface area contributed by atoms with Crippen molar-refractivity contribution in [3.8, 4) is 0 Å². The minimum Gasteiger partial charge on any atom is -0.450 e. The molecule has 32 heavy (non-hydrogen) atoms. The van der Waals surface area contributed by atoms with Crippen LogP contribution in [-0.2, 0) is 23.7 Å². The number of rotatable bonds is 13. The fraction of sp³-hybridized carbons (Fsp3) is 0.870. The molecule has 1 aliphatic carbocycles. The van der Waals surface area contributed by atoms with Gasteiger partial charge in [-0.15, -0.1) is 0 Å². The molecule has 0 amide bonds. The molecular weight excluding hydrogens is 420 g/mol. The summed E-state index contributed by atoms with van der Waals surface area (Å²) in [5, 5.41) is 8.93. The van der Waals surface area contributed by atoms with Crippen LogP contribution in [0.4, 0.5) is 14.4 Å². The van der Waals surface area contributed by atoms with E-state index in [2.05, 4.69) is 27.7 Å². The number of carbonyl (C=O) groups excluding carboxylic acids is 2. The summed E-state index contributed by atoms with van der Waals surface area (Å²) >= 11 is 0. The Bertz CT molecular complexity index is 522. The molecule has 1 aliphatic rings. The lowest BCUT2D eigenvalue weighted by Gasteiger charge is -2.32. The van der Waals surface area contributed by atoms with Crippen molar-refractivity contribution in [1.29, 1.82) is 0 Å². The van der Waals surface area contributed by atoms with Crippen LogP contribution in [0.15, 0.2) is 0 Å². The van der Waals surface area contributed by atoms with Crippen molar-refractivity contribution >= 4 is 18.5 Å². The van der Waals surface area contributed by atoms with Crippen LogP contribution in [0.1, 0.15) is 85.5 Å². The average molecular weight is 461 g/mol. The van der Waals surface area contributed by atoms with Crippen molar-refractivity contribution in [2.75, 3.05) is 13.2 Å². The molecule has 0 aliphatic heterocycles. The Morgan fingerprint density at radius 1 is 0.688 bits per heavy atom. The summed E-state index contributed by atoms with van der Waals surface area (Å²) in [6, 6.07) is 0. The van der Waals surface area contributed by atoms with Crippen LogP contribution in [0.25, 0.3) is 0 Å². The number of ether oxygens (including phenoxy) is 5. The second-order valence-corrected chi connectivity index (χ2v) is 9.17. The van der Waals surface area contributed by atoms with Crippen molar-refractivity contribution in [1.82, 2.24) is 0 Å². The van der Waals surface area contributed by atoms with Gasteiger partial charge in [0.05, 0.1) is 13.2 Å². The fourth-order valence-electron chi connectivity index (χ4n) is 3.56. The molecule has 9 heteroatoms. The third kappa shape index (κ3) is 14.0. The zero-order valence-corrected chi connectivity index (χ0v) is 19.9. The molecule has 0 aromatic carbocycles. The van der Waals surface area contributed by atoms with Crippen molar-refractivity contribution < 1.29 is 43.2 Å². The Morgan fingerprint density at radius 2 is 1.06 bits per heavy atom. The van der Waals surface area contributed by atoms with E-state index in [9.17, 15) is 14.4 Å². The number of unbranched alkanes of at least 4 members (excludes halogenated alkanes) is 2. The zero-order valence-electron chi connectivity index (χ0n) is 19.9.